The van der Waals surface area contributed by atoms with Crippen LogP contribution in [0.4, 0.5) is 8.78 Å². The molecule has 198 valence electrons. The zero-order chi connectivity index (χ0) is 26.5. The summed E-state index contributed by atoms with van der Waals surface area (Å²) in [6.07, 6.45) is 1.53. The molecule has 0 unspecified atom stereocenters. The van der Waals surface area contributed by atoms with Crippen molar-refractivity contribution in [3.8, 4) is 0 Å². The van der Waals surface area contributed by atoms with Gasteiger partial charge >= 0.3 is 0 Å². The SMILES string of the molecule is O=C(c1ccco1)N(CCN1CCOCC1)CC(=O)N1N=C(c2ccccc2F)C[C@@H]1c1ccccc1F. The molecule has 0 spiro atoms. The zero-order valence-electron chi connectivity index (χ0n) is 20.8. The predicted molar refractivity (Wildman–Crippen MR) is 135 cm³/mol. The van der Waals surface area contributed by atoms with Crippen LogP contribution in [0.15, 0.2) is 76.4 Å². The normalized spacial score (nSPS) is 17.9. The van der Waals surface area contributed by atoms with Gasteiger partial charge in [0.05, 0.1) is 31.2 Å². The summed E-state index contributed by atoms with van der Waals surface area (Å²) >= 11 is 0. The second kappa shape index (κ2) is 11.7. The van der Waals surface area contributed by atoms with Gasteiger partial charge in [-0.1, -0.05) is 36.4 Å². The van der Waals surface area contributed by atoms with Gasteiger partial charge in [0.15, 0.2) is 5.76 Å². The van der Waals surface area contributed by atoms with Crippen LogP contribution in [0.2, 0.25) is 0 Å². The van der Waals surface area contributed by atoms with Crippen LogP contribution >= 0.6 is 0 Å². The van der Waals surface area contributed by atoms with Crippen molar-refractivity contribution in [2.24, 2.45) is 5.10 Å². The number of ether oxygens (including phenoxy) is 1. The van der Waals surface area contributed by atoms with E-state index in [4.69, 9.17) is 9.15 Å². The Kier molecular flexibility index (Phi) is 7.90. The number of rotatable bonds is 8. The maximum Gasteiger partial charge on any atom is 0.290 e. The lowest BCUT2D eigenvalue weighted by molar-refractivity contribution is -0.133. The lowest BCUT2D eigenvalue weighted by Gasteiger charge is -2.30. The molecular weight excluding hydrogens is 494 g/mol. The molecule has 10 heteroatoms. The first kappa shape index (κ1) is 25.7. The van der Waals surface area contributed by atoms with Crippen LogP contribution in [0.25, 0.3) is 0 Å². The summed E-state index contributed by atoms with van der Waals surface area (Å²) < 4.78 is 40.1. The van der Waals surface area contributed by atoms with Gasteiger partial charge in [-0.2, -0.15) is 5.10 Å². The van der Waals surface area contributed by atoms with Gasteiger partial charge in [-0.25, -0.2) is 13.8 Å². The molecule has 2 aromatic carbocycles. The number of hydrogen-bond acceptors (Lipinski definition) is 6. The number of furan rings is 1. The minimum Gasteiger partial charge on any atom is -0.459 e. The van der Waals surface area contributed by atoms with E-state index in [0.29, 0.717) is 25.5 Å². The van der Waals surface area contributed by atoms with E-state index in [1.807, 2.05) is 0 Å². The first-order valence-corrected chi connectivity index (χ1v) is 12.5. The number of morpholine rings is 1. The highest BCUT2D eigenvalue weighted by atomic mass is 19.1. The molecule has 0 radical (unpaired) electrons. The molecule has 2 amide bonds. The van der Waals surface area contributed by atoms with Crippen LogP contribution in [0, 0.1) is 11.6 Å². The second-order valence-electron chi connectivity index (χ2n) is 9.16. The molecule has 0 aliphatic carbocycles. The summed E-state index contributed by atoms with van der Waals surface area (Å²) in [6.45, 7) is 3.19. The van der Waals surface area contributed by atoms with Crippen molar-refractivity contribution in [1.29, 1.82) is 0 Å². The van der Waals surface area contributed by atoms with Gasteiger partial charge in [-0.05, 0) is 24.3 Å². The quantitative estimate of drug-likeness (QED) is 0.451. The lowest BCUT2D eigenvalue weighted by atomic mass is 9.97. The highest BCUT2D eigenvalue weighted by molar-refractivity contribution is 6.03. The van der Waals surface area contributed by atoms with Crippen molar-refractivity contribution >= 4 is 17.5 Å². The van der Waals surface area contributed by atoms with Crippen molar-refractivity contribution in [1.82, 2.24) is 14.8 Å². The molecule has 1 atom stereocenters. The van der Waals surface area contributed by atoms with Crippen LogP contribution in [0.1, 0.15) is 34.1 Å². The summed E-state index contributed by atoms with van der Waals surface area (Å²) in [4.78, 5) is 30.5. The highest BCUT2D eigenvalue weighted by Crippen LogP contribution is 2.34. The van der Waals surface area contributed by atoms with Gasteiger partial charge in [-0.15, -0.1) is 0 Å². The predicted octanol–water partition coefficient (Wildman–Crippen LogP) is 3.71. The van der Waals surface area contributed by atoms with Crippen molar-refractivity contribution in [3.63, 3.8) is 0 Å². The largest absolute Gasteiger partial charge is 0.459 e. The van der Waals surface area contributed by atoms with E-state index < -0.39 is 29.5 Å². The molecule has 0 N–H and O–H groups in total. The summed E-state index contributed by atoms with van der Waals surface area (Å²) in [5.74, 6) is -1.80. The van der Waals surface area contributed by atoms with Crippen LogP contribution < -0.4 is 0 Å². The van der Waals surface area contributed by atoms with Crippen molar-refractivity contribution < 1.29 is 27.5 Å². The van der Waals surface area contributed by atoms with Gasteiger partial charge < -0.3 is 14.1 Å². The minimum atomic E-state index is -0.780. The molecular formula is C28H28F2N4O4. The fourth-order valence-electron chi connectivity index (χ4n) is 4.72. The van der Waals surface area contributed by atoms with Crippen molar-refractivity contribution in [2.45, 2.75) is 12.5 Å². The van der Waals surface area contributed by atoms with E-state index in [0.717, 1.165) is 13.1 Å². The number of halogens is 2. The second-order valence-corrected chi connectivity index (χ2v) is 9.16. The number of carbonyl (C=O) groups excluding carboxylic acids is 2. The summed E-state index contributed by atoms with van der Waals surface area (Å²) in [5, 5.41) is 5.63. The molecule has 8 nitrogen and oxygen atoms in total. The Morgan fingerprint density at radius 1 is 0.974 bits per heavy atom. The van der Waals surface area contributed by atoms with E-state index in [9.17, 15) is 18.4 Å². The molecule has 2 aliphatic heterocycles. The first-order valence-electron chi connectivity index (χ1n) is 12.5. The molecule has 1 aromatic heterocycles. The number of nitrogens with zero attached hydrogens (tertiary/aromatic N) is 4. The molecule has 1 saturated heterocycles. The first-order chi connectivity index (χ1) is 18.5. The minimum absolute atomic E-state index is 0.113. The third-order valence-corrected chi connectivity index (χ3v) is 6.75. The van der Waals surface area contributed by atoms with E-state index in [2.05, 4.69) is 10.0 Å². The zero-order valence-corrected chi connectivity index (χ0v) is 20.8. The number of hydrazone groups is 1. The fraction of sp³-hybridized carbons (Fsp3) is 0.321. The van der Waals surface area contributed by atoms with E-state index in [1.165, 1.54) is 28.3 Å². The summed E-state index contributed by atoms with van der Waals surface area (Å²) in [5.41, 5.74) is 0.857. The smallest absolute Gasteiger partial charge is 0.290 e. The fourth-order valence-corrected chi connectivity index (χ4v) is 4.72. The van der Waals surface area contributed by atoms with Crippen molar-refractivity contribution in [2.75, 3.05) is 45.9 Å². The molecule has 38 heavy (non-hydrogen) atoms. The van der Waals surface area contributed by atoms with E-state index >= 15 is 0 Å². The van der Waals surface area contributed by atoms with Crippen LogP contribution in [0.5, 0.6) is 0 Å². The molecule has 1 fully saturated rings. The standard InChI is InChI=1S/C28H28F2N4O4/c29-22-8-3-1-6-20(22)24-18-25(21-7-2-4-9-23(21)30)34(31-24)27(35)19-33(28(36)26-10-5-15-38-26)12-11-32-13-16-37-17-14-32/h1-10,15,25H,11-14,16-19H2/t25-/m1/s1. The average molecular weight is 523 g/mol. The van der Waals surface area contributed by atoms with Crippen LogP contribution in [0.3, 0.4) is 0 Å². The number of benzene rings is 2. The van der Waals surface area contributed by atoms with Crippen LogP contribution in [-0.4, -0.2) is 78.3 Å². The summed E-state index contributed by atoms with van der Waals surface area (Å²) in [6, 6.07) is 14.7. The molecule has 2 aliphatic rings. The van der Waals surface area contributed by atoms with E-state index in [-0.39, 0.29) is 36.4 Å². The topological polar surface area (TPSA) is 78.6 Å². The molecule has 3 heterocycles. The van der Waals surface area contributed by atoms with Gasteiger partial charge in [0.2, 0.25) is 0 Å². The van der Waals surface area contributed by atoms with Crippen molar-refractivity contribution in [3.05, 3.63) is 95.4 Å². The van der Waals surface area contributed by atoms with Gasteiger partial charge in [0.25, 0.3) is 11.8 Å². The van der Waals surface area contributed by atoms with Gasteiger partial charge in [0, 0.05) is 43.7 Å². The highest BCUT2D eigenvalue weighted by Gasteiger charge is 2.36. The molecule has 3 aromatic rings. The summed E-state index contributed by atoms with van der Waals surface area (Å²) in [7, 11) is 0. The Morgan fingerprint density at radius 2 is 1.71 bits per heavy atom. The third kappa shape index (κ3) is 5.66. The Bertz CT molecular complexity index is 1310. The molecule has 0 saturated carbocycles. The maximum atomic E-state index is 14.8. The molecule has 5 rings (SSSR count). The number of hydrogen-bond donors (Lipinski definition) is 0. The Labute approximate surface area is 219 Å². The monoisotopic (exact) mass is 522 g/mol. The number of carbonyl (C=O) groups is 2. The molecule has 0 bridgehead atoms. The maximum absolute atomic E-state index is 14.8. The van der Waals surface area contributed by atoms with Gasteiger partial charge in [-0.3, -0.25) is 14.5 Å². The lowest BCUT2D eigenvalue weighted by Crippen LogP contribution is -2.46. The number of amides is 2. The Hall–Kier alpha value is -3.89. The Balaban J connectivity index is 1.41. The van der Waals surface area contributed by atoms with Crippen LogP contribution in [-0.2, 0) is 9.53 Å². The third-order valence-electron chi connectivity index (χ3n) is 6.75. The average Bonchev–Trinajstić information content (AvgIpc) is 3.63. The van der Waals surface area contributed by atoms with Gasteiger partial charge in [0.1, 0.15) is 18.2 Å². The Morgan fingerprint density at radius 3 is 2.42 bits per heavy atom. The van der Waals surface area contributed by atoms with E-state index in [1.54, 1.807) is 48.5 Å².